The standard InChI is InChI=1S/C21H19N3O2/c1-22(2)10-11-23-20(25)16-9-5-8-15-18-14-7-4-3-6-13(14)12-17(18)24(19(15)16)21(23)26/h3-9H,10-12H2,1-2H3. The van der Waals surface area contributed by atoms with Gasteiger partial charge in [0.05, 0.1) is 10.9 Å². The maximum Gasteiger partial charge on any atom is 0.335 e. The molecule has 26 heavy (non-hydrogen) atoms. The molecule has 0 N–H and O–H groups in total. The second-order valence-corrected chi connectivity index (χ2v) is 7.24. The van der Waals surface area contributed by atoms with Gasteiger partial charge in [0, 0.05) is 36.2 Å². The van der Waals surface area contributed by atoms with Crippen LogP contribution in [-0.4, -0.2) is 34.5 Å². The molecule has 130 valence electrons. The minimum Gasteiger partial charge on any atom is -0.308 e. The topological polar surface area (TPSA) is 46.7 Å². The Hall–Kier alpha value is -2.92. The first-order valence-corrected chi connectivity index (χ1v) is 8.83. The van der Waals surface area contributed by atoms with Crippen LogP contribution in [0.25, 0.3) is 27.4 Å². The molecular formula is C21H19N3O2. The SMILES string of the molecule is CN(C)CCn1c(=O)c2cccc3c4c(n(c1=O)c32)Cc1ccccc1-4. The number of para-hydroxylation sites is 1. The van der Waals surface area contributed by atoms with Crippen molar-refractivity contribution in [2.75, 3.05) is 20.6 Å². The van der Waals surface area contributed by atoms with Crippen molar-refractivity contribution in [3.8, 4) is 11.1 Å². The van der Waals surface area contributed by atoms with Gasteiger partial charge in [-0.25, -0.2) is 4.79 Å². The van der Waals surface area contributed by atoms with E-state index in [-0.39, 0.29) is 11.2 Å². The van der Waals surface area contributed by atoms with Crippen LogP contribution in [0, 0.1) is 0 Å². The monoisotopic (exact) mass is 345 g/mol. The number of hydrogen-bond acceptors (Lipinski definition) is 3. The van der Waals surface area contributed by atoms with Crippen LogP contribution in [0.5, 0.6) is 0 Å². The zero-order valence-electron chi connectivity index (χ0n) is 14.8. The summed E-state index contributed by atoms with van der Waals surface area (Å²) in [5, 5.41) is 1.61. The van der Waals surface area contributed by atoms with Gasteiger partial charge in [0.2, 0.25) is 0 Å². The van der Waals surface area contributed by atoms with E-state index in [9.17, 15) is 9.59 Å². The zero-order chi connectivity index (χ0) is 18.0. The molecule has 1 aliphatic carbocycles. The Bertz CT molecular complexity index is 1280. The van der Waals surface area contributed by atoms with E-state index in [2.05, 4.69) is 12.1 Å². The minimum absolute atomic E-state index is 0.195. The minimum atomic E-state index is -0.227. The molecule has 0 spiro atoms. The Kier molecular flexibility index (Phi) is 3.12. The largest absolute Gasteiger partial charge is 0.335 e. The summed E-state index contributed by atoms with van der Waals surface area (Å²) in [5.41, 5.74) is 4.86. The normalized spacial score (nSPS) is 13.0. The van der Waals surface area contributed by atoms with Gasteiger partial charge in [0.1, 0.15) is 0 Å². The fourth-order valence-electron chi connectivity index (χ4n) is 4.19. The highest BCUT2D eigenvalue weighted by atomic mass is 16.2. The molecule has 0 atom stereocenters. The lowest BCUT2D eigenvalue weighted by molar-refractivity contribution is 0.376. The summed E-state index contributed by atoms with van der Waals surface area (Å²) in [5.74, 6) is 0. The van der Waals surface area contributed by atoms with Gasteiger partial charge >= 0.3 is 5.69 Å². The summed E-state index contributed by atoms with van der Waals surface area (Å²) in [6.45, 7) is 1.03. The van der Waals surface area contributed by atoms with Crippen LogP contribution in [0.4, 0.5) is 0 Å². The lowest BCUT2D eigenvalue weighted by atomic mass is 10.0. The van der Waals surface area contributed by atoms with Gasteiger partial charge < -0.3 is 4.90 Å². The molecule has 0 unspecified atom stereocenters. The average Bonchev–Trinajstić information content (AvgIpc) is 3.14. The maximum atomic E-state index is 13.2. The van der Waals surface area contributed by atoms with Gasteiger partial charge in [-0.15, -0.1) is 0 Å². The molecule has 0 fully saturated rings. The first-order chi connectivity index (χ1) is 12.6. The van der Waals surface area contributed by atoms with E-state index >= 15 is 0 Å². The number of rotatable bonds is 3. The van der Waals surface area contributed by atoms with Gasteiger partial charge in [-0.3, -0.25) is 13.8 Å². The number of aromatic nitrogens is 2. The molecule has 0 aliphatic heterocycles. The Morgan fingerprint density at radius 2 is 1.77 bits per heavy atom. The molecule has 0 radical (unpaired) electrons. The van der Waals surface area contributed by atoms with E-state index in [0.29, 0.717) is 18.5 Å². The van der Waals surface area contributed by atoms with Gasteiger partial charge in [0.15, 0.2) is 0 Å². The molecule has 0 saturated heterocycles. The molecule has 2 aromatic carbocycles. The summed E-state index contributed by atoms with van der Waals surface area (Å²) < 4.78 is 3.15. The van der Waals surface area contributed by atoms with Crippen molar-refractivity contribution in [1.82, 2.24) is 13.9 Å². The molecule has 2 heterocycles. The Morgan fingerprint density at radius 3 is 2.58 bits per heavy atom. The maximum absolute atomic E-state index is 13.2. The van der Waals surface area contributed by atoms with Crippen molar-refractivity contribution in [2.24, 2.45) is 0 Å². The molecule has 0 saturated carbocycles. The summed E-state index contributed by atoms with van der Waals surface area (Å²) in [7, 11) is 3.88. The third kappa shape index (κ3) is 1.89. The molecule has 0 amide bonds. The van der Waals surface area contributed by atoms with Crippen molar-refractivity contribution < 1.29 is 0 Å². The smallest absolute Gasteiger partial charge is 0.308 e. The average molecular weight is 345 g/mol. The number of likely N-dealkylation sites (N-methyl/N-ethyl adjacent to an activating group) is 1. The molecule has 4 aromatic rings. The lowest BCUT2D eigenvalue weighted by Gasteiger charge is -2.12. The van der Waals surface area contributed by atoms with Crippen LogP contribution in [-0.2, 0) is 13.0 Å². The first kappa shape index (κ1) is 15.3. The van der Waals surface area contributed by atoms with Crippen molar-refractivity contribution in [2.45, 2.75) is 13.0 Å². The number of hydrogen-bond donors (Lipinski definition) is 0. The Balaban J connectivity index is 1.92. The van der Waals surface area contributed by atoms with Crippen molar-refractivity contribution in [3.63, 3.8) is 0 Å². The van der Waals surface area contributed by atoms with Crippen molar-refractivity contribution in [1.29, 1.82) is 0 Å². The van der Waals surface area contributed by atoms with E-state index in [0.717, 1.165) is 28.6 Å². The molecule has 5 heteroatoms. The number of benzene rings is 2. The fraction of sp³-hybridized carbons (Fsp3) is 0.238. The molecule has 2 aromatic heterocycles. The van der Waals surface area contributed by atoms with Gasteiger partial charge in [0.25, 0.3) is 5.56 Å². The van der Waals surface area contributed by atoms with Crippen molar-refractivity contribution in [3.05, 3.63) is 74.6 Å². The second kappa shape index (κ2) is 5.29. The molecule has 5 nitrogen and oxygen atoms in total. The summed E-state index contributed by atoms with van der Waals surface area (Å²) in [4.78, 5) is 28.2. The fourth-order valence-corrected chi connectivity index (χ4v) is 4.19. The van der Waals surface area contributed by atoms with Crippen molar-refractivity contribution >= 4 is 16.3 Å². The highest BCUT2D eigenvalue weighted by Crippen LogP contribution is 2.42. The Morgan fingerprint density at radius 1 is 1.00 bits per heavy atom. The summed E-state index contributed by atoms with van der Waals surface area (Å²) in [6.07, 6.45) is 0.723. The van der Waals surface area contributed by atoms with Gasteiger partial charge in [-0.2, -0.15) is 0 Å². The highest BCUT2D eigenvalue weighted by molar-refractivity contribution is 6.07. The van der Waals surface area contributed by atoms with Crippen LogP contribution in [0.1, 0.15) is 11.3 Å². The lowest BCUT2D eigenvalue weighted by Crippen LogP contribution is -2.40. The van der Waals surface area contributed by atoms with Crippen LogP contribution < -0.4 is 11.2 Å². The van der Waals surface area contributed by atoms with E-state index in [1.54, 1.807) is 4.40 Å². The second-order valence-electron chi connectivity index (χ2n) is 7.24. The molecule has 0 bridgehead atoms. The Labute approximate surface area is 150 Å². The molecular weight excluding hydrogens is 326 g/mol. The molecule has 5 rings (SSSR count). The summed E-state index contributed by atoms with van der Waals surface area (Å²) >= 11 is 0. The highest BCUT2D eigenvalue weighted by Gasteiger charge is 2.28. The zero-order valence-corrected chi connectivity index (χ0v) is 14.8. The van der Waals surface area contributed by atoms with Gasteiger partial charge in [-0.1, -0.05) is 36.4 Å². The van der Waals surface area contributed by atoms with Crippen LogP contribution in [0.3, 0.4) is 0 Å². The van der Waals surface area contributed by atoms with E-state index in [4.69, 9.17) is 0 Å². The predicted octanol–water partition coefficient (Wildman–Crippen LogP) is 2.18. The van der Waals surface area contributed by atoms with E-state index in [1.165, 1.54) is 15.7 Å². The number of fused-ring (bicyclic) bond motifs is 5. The number of nitrogens with zero attached hydrogens (tertiary/aromatic N) is 3. The quantitative estimate of drug-likeness (QED) is 0.504. The van der Waals surface area contributed by atoms with Gasteiger partial charge in [-0.05, 0) is 31.3 Å². The third-order valence-electron chi connectivity index (χ3n) is 5.40. The van der Waals surface area contributed by atoms with E-state index < -0.39 is 0 Å². The predicted molar refractivity (Wildman–Crippen MR) is 103 cm³/mol. The van der Waals surface area contributed by atoms with Crippen LogP contribution >= 0.6 is 0 Å². The molecule has 1 aliphatic rings. The third-order valence-corrected chi connectivity index (χ3v) is 5.40. The first-order valence-electron chi connectivity index (χ1n) is 8.83. The van der Waals surface area contributed by atoms with Crippen LogP contribution in [0.2, 0.25) is 0 Å². The summed E-state index contributed by atoms with van der Waals surface area (Å²) in [6, 6.07) is 14.0. The van der Waals surface area contributed by atoms with E-state index in [1.807, 2.05) is 49.3 Å². The van der Waals surface area contributed by atoms with Crippen LogP contribution in [0.15, 0.2) is 52.1 Å².